The predicted molar refractivity (Wildman–Crippen MR) is 57.7 cm³/mol. The molecule has 0 aliphatic carbocycles. The lowest BCUT2D eigenvalue weighted by molar-refractivity contribution is -0.0914. The molecular formula is C10H13ClFNO2. The maximum Gasteiger partial charge on any atom is 0.173 e. The molecule has 0 spiro atoms. The molecule has 5 heteroatoms. The summed E-state index contributed by atoms with van der Waals surface area (Å²) in [5.41, 5.74) is 0.650. The molecule has 0 aliphatic rings. The van der Waals surface area contributed by atoms with Crippen molar-refractivity contribution in [3.05, 3.63) is 29.0 Å². The van der Waals surface area contributed by atoms with Gasteiger partial charge in [0.15, 0.2) is 6.29 Å². The number of anilines is 1. The summed E-state index contributed by atoms with van der Waals surface area (Å²) in [7, 11) is 3.09. The SMILES string of the molecule is COC(CNc1ccc(F)cc1Cl)OC. The molecule has 0 amide bonds. The molecule has 0 radical (unpaired) electrons. The number of ether oxygens (including phenoxy) is 2. The Bertz CT molecular complexity index is 318. The van der Waals surface area contributed by atoms with Gasteiger partial charge < -0.3 is 14.8 Å². The summed E-state index contributed by atoms with van der Waals surface area (Å²) in [4.78, 5) is 0. The minimum Gasteiger partial charge on any atom is -0.379 e. The molecule has 0 saturated carbocycles. The van der Waals surface area contributed by atoms with Crippen molar-refractivity contribution in [1.82, 2.24) is 0 Å². The zero-order valence-corrected chi connectivity index (χ0v) is 9.34. The summed E-state index contributed by atoms with van der Waals surface area (Å²) in [6.45, 7) is 0.443. The molecule has 1 rings (SSSR count). The van der Waals surface area contributed by atoms with Crippen molar-refractivity contribution >= 4 is 17.3 Å². The van der Waals surface area contributed by atoms with E-state index in [-0.39, 0.29) is 12.1 Å². The lowest BCUT2D eigenvalue weighted by Crippen LogP contribution is -2.23. The molecule has 3 nitrogen and oxygen atoms in total. The second-order valence-corrected chi connectivity index (χ2v) is 3.31. The maximum absolute atomic E-state index is 12.7. The van der Waals surface area contributed by atoms with Crippen LogP contribution in [0.2, 0.25) is 5.02 Å². The first-order valence-corrected chi connectivity index (χ1v) is 4.79. The Kier molecular flexibility index (Phi) is 4.81. The summed E-state index contributed by atoms with van der Waals surface area (Å²) in [6.07, 6.45) is -0.355. The van der Waals surface area contributed by atoms with E-state index in [0.29, 0.717) is 17.3 Å². The van der Waals surface area contributed by atoms with Crippen molar-refractivity contribution in [3.8, 4) is 0 Å². The van der Waals surface area contributed by atoms with E-state index in [1.165, 1.54) is 12.1 Å². The second-order valence-electron chi connectivity index (χ2n) is 2.91. The fraction of sp³-hybridized carbons (Fsp3) is 0.400. The number of benzene rings is 1. The molecule has 0 heterocycles. The van der Waals surface area contributed by atoms with Crippen LogP contribution >= 0.6 is 11.6 Å². The molecule has 1 aromatic carbocycles. The van der Waals surface area contributed by atoms with Crippen molar-refractivity contribution < 1.29 is 13.9 Å². The zero-order valence-electron chi connectivity index (χ0n) is 8.59. The normalized spacial score (nSPS) is 10.7. The van der Waals surface area contributed by atoms with Crippen molar-refractivity contribution in [2.75, 3.05) is 26.1 Å². The fourth-order valence-corrected chi connectivity index (χ4v) is 1.32. The fourth-order valence-electron chi connectivity index (χ4n) is 1.09. The van der Waals surface area contributed by atoms with Crippen LogP contribution in [0.1, 0.15) is 0 Å². The predicted octanol–water partition coefficient (Wildman–Crippen LogP) is 2.51. The Balaban J connectivity index is 2.57. The topological polar surface area (TPSA) is 30.5 Å². The number of hydrogen-bond donors (Lipinski definition) is 1. The van der Waals surface area contributed by atoms with Crippen LogP contribution in [0.15, 0.2) is 18.2 Å². The molecule has 0 fully saturated rings. The Labute approximate surface area is 93.1 Å². The van der Waals surface area contributed by atoms with Gasteiger partial charge in [-0.05, 0) is 18.2 Å². The van der Waals surface area contributed by atoms with E-state index in [2.05, 4.69) is 5.32 Å². The highest BCUT2D eigenvalue weighted by molar-refractivity contribution is 6.33. The van der Waals surface area contributed by atoms with Gasteiger partial charge in [-0.1, -0.05) is 11.6 Å². The Morgan fingerprint density at radius 3 is 2.60 bits per heavy atom. The molecule has 0 bridgehead atoms. The van der Waals surface area contributed by atoms with Crippen LogP contribution in [-0.4, -0.2) is 27.1 Å². The number of hydrogen-bond acceptors (Lipinski definition) is 3. The van der Waals surface area contributed by atoms with E-state index in [4.69, 9.17) is 21.1 Å². The van der Waals surface area contributed by atoms with Gasteiger partial charge in [-0.3, -0.25) is 0 Å². The summed E-state index contributed by atoms with van der Waals surface area (Å²) in [5, 5.41) is 3.33. The third-order valence-electron chi connectivity index (χ3n) is 1.92. The Morgan fingerprint density at radius 2 is 2.07 bits per heavy atom. The van der Waals surface area contributed by atoms with E-state index in [9.17, 15) is 4.39 Å². The monoisotopic (exact) mass is 233 g/mol. The molecular weight excluding hydrogens is 221 g/mol. The largest absolute Gasteiger partial charge is 0.379 e. The van der Waals surface area contributed by atoms with E-state index in [1.54, 1.807) is 20.3 Å². The van der Waals surface area contributed by atoms with Crippen molar-refractivity contribution in [2.45, 2.75) is 6.29 Å². The average Bonchev–Trinajstić information content (AvgIpc) is 2.22. The minimum absolute atomic E-state index is 0.334. The zero-order chi connectivity index (χ0) is 11.3. The van der Waals surface area contributed by atoms with E-state index in [1.807, 2.05) is 0 Å². The first-order valence-electron chi connectivity index (χ1n) is 4.42. The molecule has 0 aliphatic heterocycles. The first-order chi connectivity index (χ1) is 7.17. The average molecular weight is 234 g/mol. The van der Waals surface area contributed by atoms with Gasteiger partial charge in [0.05, 0.1) is 17.3 Å². The van der Waals surface area contributed by atoms with Crippen LogP contribution < -0.4 is 5.32 Å². The molecule has 0 saturated heterocycles. The maximum atomic E-state index is 12.7. The van der Waals surface area contributed by atoms with Gasteiger partial charge in [0.25, 0.3) is 0 Å². The highest BCUT2D eigenvalue weighted by Gasteiger charge is 2.06. The van der Waals surface area contributed by atoms with Crippen LogP contribution in [0.25, 0.3) is 0 Å². The molecule has 0 atom stereocenters. The lowest BCUT2D eigenvalue weighted by Gasteiger charge is -2.15. The quantitative estimate of drug-likeness (QED) is 0.793. The van der Waals surface area contributed by atoms with Crippen molar-refractivity contribution in [3.63, 3.8) is 0 Å². The standard InChI is InChI=1S/C10H13ClFNO2/c1-14-10(15-2)6-13-9-4-3-7(12)5-8(9)11/h3-5,10,13H,6H2,1-2H3. The van der Waals surface area contributed by atoms with Crippen LogP contribution in [0.4, 0.5) is 10.1 Å². The summed E-state index contributed by atoms with van der Waals surface area (Å²) >= 11 is 5.82. The van der Waals surface area contributed by atoms with Crippen LogP contribution in [-0.2, 0) is 9.47 Å². The summed E-state index contributed by atoms with van der Waals surface area (Å²) in [5.74, 6) is -0.361. The van der Waals surface area contributed by atoms with Gasteiger partial charge in [-0.2, -0.15) is 0 Å². The molecule has 0 unspecified atom stereocenters. The Morgan fingerprint density at radius 1 is 1.40 bits per heavy atom. The van der Waals surface area contributed by atoms with Gasteiger partial charge in [0.2, 0.25) is 0 Å². The van der Waals surface area contributed by atoms with Gasteiger partial charge in [-0.25, -0.2) is 4.39 Å². The number of nitrogens with one attached hydrogen (secondary N) is 1. The van der Waals surface area contributed by atoms with Crippen LogP contribution in [0.5, 0.6) is 0 Å². The number of methoxy groups -OCH3 is 2. The minimum atomic E-state index is -0.361. The molecule has 0 aromatic heterocycles. The number of rotatable bonds is 5. The van der Waals surface area contributed by atoms with Gasteiger partial charge >= 0.3 is 0 Å². The first kappa shape index (κ1) is 12.2. The number of halogens is 2. The van der Waals surface area contributed by atoms with Crippen LogP contribution in [0.3, 0.4) is 0 Å². The third-order valence-corrected chi connectivity index (χ3v) is 2.23. The van der Waals surface area contributed by atoms with Gasteiger partial charge in [-0.15, -0.1) is 0 Å². The van der Waals surface area contributed by atoms with Gasteiger partial charge in [0.1, 0.15) is 5.82 Å². The molecule has 1 N–H and O–H groups in total. The highest BCUT2D eigenvalue weighted by atomic mass is 35.5. The third kappa shape index (κ3) is 3.66. The summed E-state index contributed by atoms with van der Waals surface area (Å²) in [6, 6.07) is 4.15. The molecule has 1 aromatic rings. The Hall–Kier alpha value is -0.840. The molecule has 15 heavy (non-hydrogen) atoms. The van der Waals surface area contributed by atoms with Crippen molar-refractivity contribution in [2.24, 2.45) is 0 Å². The second kappa shape index (κ2) is 5.90. The smallest absolute Gasteiger partial charge is 0.173 e. The highest BCUT2D eigenvalue weighted by Crippen LogP contribution is 2.22. The van der Waals surface area contributed by atoms with Gasteiger partial charge in [0, 0.05) is 14.2 Å². The summed E-state index contributed by atoms with van der Waals surface area (Å²) < 4.78 is 22.7. The lowest BCUT2D eigenvalue weighted by atomic mass is 10.3. The molecule has 84 valence electrons. The van der Waals surface area contributed by atoms with Crippen molar-refractivity contribution in [1.29, 1.82) is 0 Å². The van der Waals surface area contributed by atoms with E-state index >= 15 is 0 Å². The van der Waals surface area contributed by atoms with E-state index in [0.717, 1.165) is 0 Å². The van der Waals surface area contributed by atoms with E-state index < -0.39 is 0 Å². The van der Waals surface area contributed by atoms with Crippen LogP contribution in [0, 0.1) is 5.82 Å².